The minimum absolute atomic E-state index is 0.0187. The molecule has 1 unspecified atom stereocenters. The van der Waals surface area contributed by atoms with Gasteiger partial charge in [-0.05, 0) is 60.7 Å². The maximum Gasteiger partial charge on any atom is 0.256 e. The molecule has 0 spiro atoms. The second-order valence-electron chi connectivity index (χ2n) is 7.88. The van der Waals surface area contributed by atoms with Gasteiger partial charge in [0.05, 0.1) is 5.56 Å². The van der Waals surface area contributed by atoms with Gasteiger partial charge in [-0.25, -0.2) is 0 Å². The average molecular weight is 400 g/mol. The first-order valence-corrected chi connectivity index (χ1v) is 10.8. The molecule has 0 bridgehead atoms. The van der Waals surface area contributed by atoms with Crippen molar-refractivity contribution in [2.24, 2.45) is 11.7 Å². The van der Waals surface area contributed by atoms with E-state index >= 15 is 0 Å². The molecule has 1 aliphatic rings. The summed E-state index contributed by atoms with van der Waals surface area (Å²) in [5.74, 6) is 0.682. The van der Waals surface area contributed by atoms with E-state index in [-0.39, 0.29) is 17.9 Å². The van der Waals surface area contributed by atoms with Gasteiger partial charge in [0, 0.05) is 24.7 Å². The molecule has 2 heterocycles. The summed E-state index contributed by atoms with van der Waals surface area (Å²) in [6.07, 6.45) is 1.86. The summed E-state index contributed by atoms with van der Waals surface area (Å²) in [6, 6.07) is 9.57. The number of benzene rings is 1. The van der Waals surface area contributed by atoms with E-state index < -0.39 is 0 Å². The molecule has 2 amide bonds. The Morgan fingerprint density at radius 3 is 2.32 bits per heavy atom. The number of hydrogen-bond donors (Lipinski definition) is 2. The van der Waals surface area contributed by atoms with E-state index in [9.17, 15) is 9.59 Å². The van der Waals surface area contributed by atoms with Gasteiger partial charge in [0.15, 0.2) is 0 Å². The van der Waals surface area contributed by atoms with Crippen LogP contribution in [0.4, 0.5) is 5.00 Å². The summed E-state index contributed by atoms with van der Waals surface area (Å²) in [5, 5.41) is 5.37. The number of carbonyl (C=O) groups is 2. The van der Waals surface area contributed by atoms with Crippen molar-refractivity contribution in [2.75, 3.05) is 18.4 Å². The van der Waals surface area contributed by atoms with E-state index in [0.29, 0.717) is 41.1 Å². The Hall–Kier alpha value is -2.18. The molecule has 1 aromatic heterocycles. The van der Waals surface area contributed by atoms with Gasteiger partial charge in [0.25, 0.3) is 11.8 Å². The second-order valence-corrected chi connectivity index (χ2v) is 8.80. The van der Waals surface area contributed by atoms with Crippen molar-refractivity contribution in [2.45, 2.75) is 45.6 Å². The second kappa shape index (κ2) is 8.88. The molecule has 150 valence electrons. The number of nitrogens with zero attached hydrogens (tertiary/aromatic N) is 1. The lowest BCUT2D eigenvalue weighted by molar-refractivity contribution is 0.0682. The van der Waals surface area contributed by atoms with Crippen LogP contribution in [0.3, 0.4) is 0 Å². The molecule has 1 saturated heterocycles. The van der Waals surface area contributed by atoms with Crippen LogP contribution in [0.2, 0.25) is 0 Å². The predicted molar refractivity (Wildman–Crippen MR) is 115 cm³/mol. The minimum atomic E-state index is -0.192. The van der Waals surface area contributed by atoms with Crippen LogP contribution < -0.4 is 11.1 Å². The first-order valence-electron chi connectivity index (χ1n) is 9.90. The highest BCUT2D eigenvalue weighted by molar-refractivity contribution is 7.14. The summed E-state index contributed by atoms with van der Waals surface area (Å²) in [4.78, 5) is 27.4. The molecule has 28 heavy (non-hydrogen) atoms. The predicted octanol–water partition coefficient (Wildman–Crippen LogP) is 4.32. The minimum Gasteiger partial charge on any atom is -0.339 e. The zero-order valence-corrected chi connectivity index (χ0v) is 17.6. The number of piperidine rings is 1. The topological polar surface area (TPSA) is 75.4 Å². The third-order valence-corrected chi connectivity index (χ3v) is 6.36. The summed E-state index contributed by atoms with van der Waals surface area (Å²) >= 11 is 1.38. The van der Waals surface area contributed by atoms with Gasteiger partial charge in [-0.15, -0.1) is 11.3 Å². The number of hydrogen-bond acceptors (Lipinski definition) is 4. The Labute approximate surface area is 170 Å². The zero-order chi connectivity index (χ0) is 20.3. The van der Waals surface area contributed by atoms with E-state index in [1.165, 1.54) is 16.9 Å². The molecular formula is C22H29N3O2S. The fraction of sp³-hybridized carbons (Fsp3) is 0.455. The van der Waals surface area contributed by atoms with Gasteiger partial charge in [-0.2, -0.15) is 0 Å². The molecule has 1 fully saturated rings. The van der Waals surface area contributed by atoms with Crippen molar-refractivity contribution < 1.29 is 9.59 Å². The SMILES string of the molecule is CC(C)c1ccc(C(=O)Nc2sccc2C(=O)N2CCC(C(C)N)CC2)cc1. The largest absolute Gasteiger partial charge is 0.339 e. The highest BCUT2D eigenvalue weighted by Crippen LogP contribution is 2.28. The van der Waals surface area contributed by atoms with Gasteiger partial charge >= 0.3 is 0 Å². The number of likely N-dealkylation sites (tertiary alicyclic amines) is 1. The summed E-state index contributed by atoms with van der Waals surface area (Å²) in [5.41, 5.74) is 8.34. The van der Waals surface area contributed by atoms with Gasteiger partial charge in [0.1, 0.15) is 5.00 Å². The number of nitrogens with one attached hydrogen (secondary N) is 1. The first kappa shape index (κ1) is 20.6. The van der Waals surface area contributed by atoms with Crippen LogP contribution in [-0.2, 0) is 0 Å². The average Bonchev–Trinajstić information content (AvgIpc) is 3.15. The van der Waals surface area contributed by atoms with Crippen molar-refractivity contribution in [3.05, 3.63) is 52.4 Å². The molecule has 6 heteroatoms. The summed E-state index contributed by atoms with van der Waals surface area (Å²) in [7, 11) is 0. The molecule has 5 nitrogen and oxygen atoms in total. The van der Waals surface area contributed by atoms with E-state index in [0.717, 1.165) is 12.8 Å². The van der Waals surface area contributed by atoms with Crippen LogP contribution in [0.1, 0.15) is 65.8 Å². The molecule has 1 aromatic carbocycles. The number of carbonyl (C=O) groups excluding carboxylic acids is 2. The number of rotatable bonds is 5. The maximum absolute atomic E-state index is 12.9. The van der Waals surface area contributed by atoms with Crippen LogP contribution in [0, 0.1) is 5.92 Å². The number of nitrogens with two attached hydrogens (primary N) is 1. The number of amides is 2. The third kappa shape index (κ3) is 4.62. The van der Waals surface area contributed by atoms with Gasteiger partial charge in [-0.3, -0.25) is 9.59 Å². The fourth-order valence-electron chi connectivity index (χ4n) is 3.57. The van der Waals surface area contributed by atoms with Crippen LogP contribution in [0.15, 0.2) is 35.7 Å². The standard InChI is InChI=1S/C22H29N3O2S/c1-14(2)16-4-6-18(7-5-16)20(26)24-21-19(10-13-28-21)22(27)25-11-8-17(9-12-25)15(3)23/h4-7,10,13-15,17H,8-9,11-12,23H2,1-3H3,(H,24,26). The normalized spacial score (nSPS) is 16.2. The number of thiophene rings is 1. The monoisotopic (exact) mass is 399 g/mol. The van der Waals surface area contributed by atoms with Crippen molar-refractivity contribution >= 4 is 28.2 Å². The van der Waals surface area contributed by atoms with Crippen molar-refractivity contribution in [1.82, 2.24) is 4.90 Å². The summed E-state index contributed by atoms with van der Waals surface area (Å²) < 4.78 is 0. The lowest BCUT2D eigenvalue weighted by Crippen LogP contribution is -2.42. The molecule has 0 radical (unpaired) electrons. The first-order chi connectivity index (χ1) is 13.4. The Bertz CT molecular complexity index is 819. The molecule has 0 aliphatic carbocycles. The van der Waals surface area contributed by atoms with E-state index in [2.05, 4.69) is 19.2 Å². The molecule has 0 saturated carbocycles. The lowest BCUT2D eigenvalue weighted by atomic mass is 9.91. The van der Waals surface area contributed by atoms with Crippen molar-refractivity contribution in [3.63, 3.8) is 0 Å². The highest BCUT2D eigenvalue weighted by atomic mass is 32.1. The number of anilines is 1. The van der Waals surface area contributed by atoms with E-state index in [1.54, 1.807) is 6.07 Å². The maximum atomic E-state index is 12.9. The molecule has 1 atom stereocenters. The third-order valence-electron chi connectivity index (χ3n) is 5.53. The van der Waals surface area contributed by atoms with Crippen LogP contribution in [0.25, 0.3) is 0 Å². The van der Waals surface area contributed by atoms with Crippen LogP contribution in [0.5, 0.6) is 0 Å². The quantitative estimate of drug-likeness (QED) is 0.786. The fourth-order valence-corrected chi connectivity index (χ4v) is 4.34. The van der Waals surface area contributed by atoms with E-state index in [4.69, 9.17) is 5.73 Å². The Morgan fingerprint density at radius 2 is 1.75 bits per heavy atom. The van der Waals surface area contributed by atoms with Gasteiger partial charge in [-0.1, -0.05) is 26.0 Å². The van der Waals surface area contributed by atoms with Gasteiger partial charge < -0.3 is 16.0 Å². The Morgan fingerprint density at radius 1 is 1.11 bits per heavy atom. The molecule has 2 aromatic rings. The molecular weight excluding hydrogens is 370 g/mol. The van der Waals surface area contributed by atoms with Crippen LogP contribution in [-0.4, -0.2) is 35.8 Å². The zero-order valence-electron chi connectivity index (χ0n) is 16.8. The van der Waals surface area contributed by atoms with Gasteiger partial charge in [0.2, 0.25) is 0 Å². The highest BCUT2D eigenvalue weighted by Gasteiger charge is 2.27. The smallest absolute Gasteiger partial charge is 0.256 e. The van der Waals surface area contributed by atoms with E-state index in [1.807, 2.05) is 41.5 Å². The molecule has 3 rings (SSSR count). The lowest BCUT2D eigenvalue weighted by Gasteiger charge is -2.33. The Balaban J connectivity index is 1.66. The molecule has 1 aliphatic heterocycles. The molecule has 3 N–H and O–H groups in total. The Kier molecular flexibility index (Phi) is 6.52. The van der Waals surface area contributed by atoms with Crippen molar-refractivity contribution in [1.29, 1.82) is 0 Å². The summed E-state index contributed by atoms with van der Waals surface area (Å²) in [6.45, 7) is 7.70. The van der Waals surface area contributed by atoms with Crippen LogP contribution >= 0.6 is 11.3 Å². The van der Waals surface area contributed by atoms with Crippen molar-refractivity contribution in [3.8, 4) is 0 Å².